The Hall–Kier alpha value is -3.34. The van der Waals surface area contributed by atoms with Gasteiger partial charge in [0.25, 0.3) is 0 Å². The second-order valence-corrected chi connectivity index (χ2v) is 7.89. The first-order chi connectivity index (χ1) is 13.4. The van der Waals surface area contributed by atoms with Crippen LogP contribution in [-0.2, 0) is 12.5 Å². The second kappa shape index (κ2) is 7.00. The fourth-order valence-corrected chi connectivity index (χ4v) is 3.23. The Balaban J connectivity index is 1.66. The molecule has 0 aliphatic carbocycles. The van der Waals surface area contributed by atoms with E-state index in [1.54, 1.807) is 6.20 Å². The van der Waals surface area contributed by atoms with Crippen LogP contribution in [0.25, 0.3) is 11.0 Å². The lowest BCUT2D eigenvalue weighted by Crippen LogP contribution is -2.12. The number of nitrogens with zero attached hydrogens (tertiary/aromatic N) is 3. The van der Waals surface area contributed by atoms with E-state index in [4.69, 9.17) is 4.74 Å². The number of anilines is 2. The zero-order chi connectivity index (χ0) is 19.7. The summed E-state index contributed by atoms with van der Waals surface area (Å²) >= 11 is 0. The van der Waals surface area contributed by atoms with Gasteiger partial charge in [0, 0.05) is 30.4 Å². The third-order valence-corrected chi connectivity index (χ3v) is 4.66. The fourth-order valence-electron chi connectivity index (χ4n) is 3.23. The van der Waals surface area contributed by atoms with E-state index in [0.717, 1.165) is 33.7 Å². The number of ether oxygens (including phenoxy) is 1. The summed E-state index contributed by atoms with van der Waals surface area (Å²) in [5, 5.41) is 4.47. The van der Waals surface area contributed by atoms with E-state index < -0.39 is 0 Å². The lowest BCUT2D eigenvalue weighted by atomic mass is 9.86. The summed E-state index contributed by atoms with van der Waals surface area (Å²) < 4.78 is 8.23. The quantitative estimate of drug-likeness (QED) is 0.492. The summed E-state index contributed by atoms with van der Waals surface area (Å²) in [4.78, 5) is 8.99. The predicted octanol–water partition coefficient (Wildman–Crippen LogP) is 5.80. The molecule has 4 aromatic rings. The van der Waals surface area contributed by atoms with E-state index >= 15 is 0 Å². The minimum atomic E-state index is -0.0266. The van der Waals surface area contributed by atoms with Crippen molar-refractivity contribution in [1.82, 2.24) is 14.5 Å². The van der Waals surface area contributed by atoms with Gasteiger partial charge in [-0.05, 0) is 35.7 Å². The molecule has 4 rings (SSSR count). The van der Waals surface area contributed by atoms with Gasteiger partial charge >= 0.3 is 0 Å². The number of fused-ring (bicyclic) bond motifs is 1. The van der Waals surface area contributed by atoms with Crippen molar-refractivity contribution in [3.05, 3.63) is 72.7 Å². The van der Waals surface area contributed by atoms with E-state index in [-0.39, 0.29) is 5.41 Å². The number of benzene rings is 1. The molecule has 0 spiro atoms. The number of pyridine rings is 2. The molecule has 0 saturated heterocycles. The molecule has 0 unspecified atom stereocenters. The standard InChI is InChI=1S/C23H24N4O/c1-23(2,3)18-8-5-6-10-20(18)28-22-19(9-7-12-24-22)26-17-14-16-11-13-27(4)21(16)25-15-17/h5-15,26H,1-4H3. The van der Waals surface area contributed by atoms with E-state index in [1.807, 2.05) is 60.4 Å². The van der Waals surface area contributed by atoms with Gasteiger partial charge in [-0.1, -0.05) is 39.0 Å². The van der Waals surface area contributed by atoms with Gasteiger partial charge in [0.05, 0.1) is 11.9 Å². The Bertz CT molecular complexity index is 1120. The van der Waals surface area contributed by atoms with Crippen LogP contribution in [0.15, 0.2) is 67.1 Å². The molecule has 1 N–H and O–H groups in total. The van der Waals surface area contributed by atoms with Crippen LogP contribution in [0.2, 0.25) is 0 Å². The molecule has 5 heteroatoms. The van der Waals surface area contributed by atoms with Crippen LogP contribution < -0.4 is 10.1 Å². The van der Waals surface area contributed by atoms with Gasteiger partial charge in [0.15, 0.2) is 0 Å². The van der Waals surface area contributed by atoms with Crippen LogP contribution in [0.5, 0.6) is 11.6 Å². The number of nitrogens with one attached hydrogen (secondary N) is 1. The monoisotopic (exact) mass is 372 g/mol. The van der Waals surface area contributed by atoms with E-state index in [0.29, 0.717) is 5.88 Å². The molecule has 0 saturated carbocycles. The molecule has 0 fully saturated rings. The molecule has 0 aliphatic heterocycles. The molecule has 3 heterocycles. The van der Waals surface area contributed by atoms with Crippen molar-refractivity contribution in [2.24, 2.45) is 7.05 Å². The lowest BCUT2D eigenvalue weighted by Gasteiger charge is -2.22. The average molecular weight is 372 g/mol. The first kappa shape index (κ1) is 18.0. The highest BCUT2D eigenvalue weighted by Crippen LogP contribution is 2.36. The van der Waals surface area contributed by atoms with Gasteiger partial charge in [-0.3, -0.25) is 0 Å². The van der Waals surface area contributed by atoms with Gasteiger partial charge in [-0.15, -0.1) is 0 Å². The van der Waals surface area contributed by atoms with Crippen molar-refractivity contribution in [1.29, 1.82) is 0 Å². The first-order valence-corrected chi connectivity index (χ1v) is 9.32. The number of aromatic nitrogens is 3. The van der Waals surface area contributed by atoms with Crippen LogP contribution in [-0.4, -0.2) is 14.5 Å². The molecule has 5 nitrogen and oxygen atoms in total. The Morgan fingerprint density at radius 2 is 1.82 bits per heavy atom. The van der Waals surface area contributed by atoms with Gasteiger partial charge < -0.3 is 14.6 Å². The van der Waals surface area contributed by atoms with Crippen molar-refractivity contribution in [3.63, 3.8) is 0 Å². The van der Waals surface area contributed by atoms with Crippen molar-refractivity contribution >= 4 is 22.4 Å². The van der Waals surface area contributed by atoms with E-state index in [1.165, 1.54) is 0 Å². The normalized spacial score (nSPS) is 11.6. The molecule has 3 aromatic heterocycles. The predicted molar refractivity (Wildman–Crippen MR) is 113 cm³/mol. The van der Waals surface area contributed by atoms with Crippen LogP contribution >= 0.6 is 0 Å². The number of rotatable bonds is 4. The summed E-state index contributed by atoms with van der Waals surface area (Å²) in [6, 6.07) is 16.1. The van der Waals surface area contributed by atoms with E-state index in [9.17, 15) is 0 Å². The molecular weight excluding hydrogens is 348 g/mol. The number of hydrogen-bond donors (Lipinski definition) is 1. The Labute approximate surface area is 165 Å². The molecule has 0 bridgehead atoms. The zero-order valence-corrected chi connectivity index (χ0v) is 16.6. The Morgan fingerprint density at radius 1 is 1.00 bits per heavy atom. The van der Waals surface area contributed by atoms with Gasteiger partial charge in [-0.2, -0.15) is 0 Å². The minimum absolute atomic E-state index is 0.0266. The molecule has 0 atom stereocenters. The highest BCUT2D eigenvalue weighted by atomic mass is 16.5. The molecule has 0 radical (unpaired) electrons. The highest BCUT2D eigenvalue weighted by molar-refractivity contribution is 5.81. The van der Waals surface area contributed by atoms with Crippen LogP contribution in [0.1, 0.15) is 26.3 Å². The summed E-state index contributed by atoms with van der Waals surface area (Å²) in [6.45, 7) is 6.52. The fraction of sp³-hybridized carbons (Fsp3) is 0.217. The maximum atomic E-state index is 6.23. The summed E-state index contributed by atoms with van der Waals surface area (Å²) in [5.74, 6) is 1.35. The zero-order valence-electron chi connectivity index (χ0n) is 16.6. The van der Waals surface area contributed by atoms with Crippen LogP contribution in [0.4, 0.5) is 11.4 Å². The SMILES string of the molecule is Cn1ccc2cc(Nc3cccnc3Oc3ccccc3C(C)(C)C)cnc21. The molecule has 1 aromatic carbocycles. The van der Waals surface area contributed by atoms with Crippen molar-refractivity contribution < 1.29 is 4.74 Å². The maximum Gasteiger partial charge on any atom is 0.243 e. The molecule has 0 aliphatic rings. The van der Waals surface area contributed by atoms with Crippen molar-refractivity contribution in [2.45, 2.75) is 26.2 Å². The molecular formula is C23H24N4O. The summed E-state index contributed by atoms with van der Waals surface area (Å²) in [7, 11) is 1.99. The maximum absolute atomic E-state index is 6.23. The van der Waals surface area contributed by atoms with E-state index in [2.05, 4.69) is 48.2 Å². The third-order valence-electron chi connectivity index (χ3n) is 4.66. The second-order valence-electron chi connectivity index (χ2n) is 7.89. The van der Waals surface area contributed by atoms with Crippen LogP contribution in [0.3, 0.4) is 0 Å². The first-order valence-electron chi connectivity index (χ1n) is 9.32. The minimum Gasteiger partial charge on any atom is -0.437 e. The number of hydrogen-bond acceptors (Lipinski definition) is 4. The molecule has 142 valence electrons. The largest absolute Gasteiger partial charge is 0.437 e. The Morgan fingerprint density at radius 3 is 2.64 bits per heavy atom. The highest BCUT2D eigenvalue weighted by Gasteiger charge is 2.20. The lowest BCUT2D eigenvalue weighted by molar-refractivity contribution is 0.442. The van der Waals surface area contributed by atoms with Gasteiger partial charge in [0.2, 0.25) is 5.88 Å². The van der Waals surface area contributed by atoms with Gasteiger partial charge in [-0.25, -0.2) is 9.97 Å². The smallest absolute Gasteiger partial charge is 0.243 e. The average Bonchev–Trinajstić information content (AvgIpc) is 3.03. The van der Waals surface area contributed by atoms with Crippen LogP contribution in [0, 0.1) is 0 Å². The van der Waals surface area contributed by atoms with Crippen molar-refractivity contribution in [2.75, 3.05) is 5.32 Å². The number of para-hydroxylation sites is 1. The van der Waals surface area contributed by atoms with Gasteiger partial charge in [0.1, 0.15) is 17.1 Å². The molecule has 28 heavy (non-hydrogen) atoms. The number of aryl methyl sites for hydroxylation is 1. The topological polar surface area (TPSA) is 52.0 Å². The third kappa shape index (κ3) is 3.56. The van der Waals surface area contributed by atoms with Crippen molar-refractivity contribution in [3.8, 4) is 11.6 Å². The Kier molecular flexibility index (Phi) is 4.51. The summed E-state index contributed by atoms with van der Waals surface area (Å²) in [5.41, 5.74) is 3.75. The molecule has 0 amide bonds. The summed E-state index contributed by atoms with van der Waals surface area (Å²) in [6.07, 6.45) is 5.56.